The maximum atomic E-state index is 13.0. The van der Waals surface area contributed by atoms with Crippen molar-refractivity contribution >= 4 is 91.2 Å². The molecule has 0 saturated heterocycles. The molecule has 0 radical (unpaired) electrons. The van der Waals surface area contributed by atoms with E-state index in [1.54, 1.807) is 60.7 Å². The molecule has 0 heterocycles. The van der Waals surface area contributed by atoms with E-state index in [4.69, 9.17) is 46.4 Å². The van der Waals surface area contributed by atoms with Gasteiger partial charge in [0.15, 0.2) is 0 Å². The number of hydrogen-bond donors (Lipinski definition) is 2. The Labute approximate surface area is 236 Å². The molecule has 2 amide bonds. The highest BCUT2D eigenvalue weighted by molar-refractivity contribution is 8.76. The van der Waals surface area contributed by atoms with Gasteiger partial charge in [0, 0.05) is 41.3 Å². The molecule has 0 aliphatic heterocycles. The molecule has 36 heavy (non-hydrogen) atoms. The van der Waals surface area contributed by atoms with Gasteiger partial charge in [0.25, 0.3) is 11.8 Å². The molecule has 0 aliphatic carbocycles. The smallest absolute Gasteiger partial charge is 0.256 e. The quantitative estimate of drug-likeness (QED) is 0.209. The third kappa shape index (κ3) is 7.13. The number of amides is 2. The summed E-state index contributed by atoms with van der Waals surface area (Å²) in [4.78, 5) is 27.4. The van der Waals surface area contributed by atoms with Gasteiger partial charge in [0.1, 0.15) is 0 Å². The number of nitrogens with one attached hydrogen (secondary N) is 2. The molecule has 4 nitrogen and oxygen atoms in total. The standard InChI is InChI=1S/C26H16Cl4N2O2S2/c27-15-9-16(28)12-19(11-15)31-25(33)21-5-1-3-7-23(21)35-36-24-8-4-2-6-22(24)26(34)32-20-13-17(29)10-18(30)14-20/h1-14H,(H,31,33)(H,32,34). The van der Waals surface area contributed by atoms with Gasteiger partial charge in [-0.15, -0.1) is 0 Å². The van der Waals surface area contributed by atoms with Crippen LogP contribution in [0.5, 0.6) is 0 Å². The van der Waals surface area contributed by atoms with Crippen LogP contribution in [-0.4, -0.2) is 11.8 Å². The molecule has 0 atom stereocenters. The lowest BCUT2D eigenvalue weighted by molar-refractivity contribution is 0.101. The molecule has 4 rings (SSSR count). The molecule has 10 heteroatoms. The molecule has 0 aliphatic rings. The molecule has 4 aromatic rings. The van der Waals surface area contributed by atoms with Crippen molar-refractivity contribution < 1.29 is 9.59 Å². The van der Waals surface area contributed by atoms with Gasteiger partial charge in [0.2, 0.25) is 0 Å². The van der Waals surface area contributed by atoms with E-state index >= 15 is 0 Å². The summed E-state index contributed by atoms with van der Waals surface area (Å²) in [6, 6.07) is 24.1. The molecule has 0 bridgehead atoms. The summed E-state index contributed by atoms with van der Waals surface area (Å²) in [5.41, 5.74) is 1.93. The van der Waals surface area contributed by atoms with Crippen molar-refractivity contribution in [3.8, 4) is 0 Å². The summed E-state index contributed by atoms with van der Waals surface area (Å²) in [6.45, 7) is 0. The Bertz CT molecular complexity index is 1300. The molecule has 0 fully saturated rings. The lowest BCUT2D eigenvalue weighted by Gasteiger charge is -2.12. The summed E-state index contributed by atoms with van der Waals surface area (Å²) in [5, 5.41) is 7.35. The van der Waals surface area contributed by atoms with Gasteiger partial charge in [-0.05, 0) is 60.7 Å². The van der Waals surface area contributed by atoms with Crippen LogP contribution in [0.25, 0.3) is 0 Å². The highest BCUT2D eigenvalue weighted by Crippen LogP contribution is 2.41. The van der Waals surface area contributed by atoms with E-state index < -0.39 is 0 Å². The Morgan fingerprint density at radius 1 is 0.528 bits per heavy atom. The molecule has 0 unspecified atom stereocenters. The van der Waals surface area contributed by atoms with Gasteiger partial charge < -0.3 is 10.6 Å². The first-order valence-electron chi connectivity index (χ1n) is 10.4. The van der Waals surface area contributed by atoms with Crippen LogP contribution in [0.15, 0.2) is 94.7 Å². The second-order valence-electron chi connectivity index (χ2n) is 7.38. The first-order valence-corrected chi connectivity index (χ1v) is 14.0. The van der Waals surface area contributed by atoms with Gasteiger partial charge in [-0.25, -0.2) is 0 Å². The van der Waals surface area contributed by atoms with E-state index in [0.717, 1.165) is 9.79 Å². The summed E-state index contributed by atoms with van der Waals surface area (Å²) in [6.07, 6.45) is 0. The normalized spacial score (nSPS) is 10.7. The van der Waals surface area contributed by atoms with E-state index in [-0.39, 0.29) is 11.8 Å². The Morgan fingerprint density at radius 2 is 0.861 bits per heavy atom. The summed E-state index contributed by atoms with van der Waals surface area (Å²) in [7, 11) is 2.74. The number of carbonyl (C=O) groups excluding carboxylic acids is 2. The van der Waals surface area contributed by atoms with Crippen LogP contribution in [0.3, 0.4) is 0 Å². The number of rotatable bonds is 7. The van der Waals surface area contributed by atoms with Crippen LogP contribution in [0, 0.1) is 0 Å². The van der Waals surface area contributed by atoms with Gasteiger partial charge in [0.05, 0.1) is 11.1 Å². The third-order valence-electron chi connectivity index (χ3n) is 4.73. The number of halogens is 4. The Hall–Kier alpha value is -2.32. The third-order valence-corrected chi connectivity index (χ3v) is 8.08. The van der Waals surface area contributed by atoms with E-state index in [1.165, 1.54) is 21.6 Å². The molecule has 0 aromatic heterocycles. The SMILES string of the molecule is O=C(Nc1cc(Cl)cc(Cl)c1)c1ccccc1SSc1ccccc1C(=O)Nc1cc(Cl)cc(Cl)c1. The van der Waals surface area contributed by atoms with Gasteiger partial charge in [-0.1, -0.05) is 92.3 Å². The highest BCUT2D eigenvalue weighted by atomic mass is 35.5. The summed E-state index contributed by atoms with van der Waals surface area (Å²) >= 11 is 24.2. The zero-order valence-electron chi connectivity index (χ0n) is 18.2. The fraction of sp³-hybridized carbons (Fsp3) is 0. The lowest BCUT2D eigenvalue weighted by Crippen LogP contribution is -2.13. The van der Waals surface area contributed by atoms with Crippen molar-refractivity contribution in [1.29, 1.82) is 0 Å². The number of anilines is 2. The molecule has 182 valence electrons. The van der Waals surface area contributed by atoms with Crippen LogP contribution in [0.1, 0.15) is 20.7 Å². The Morgan fingerprint density at radius 3 is 1.22 bits per heavy atom. The molecular formula is C26H16Cl4N2O2S2. The van der Waals surface area contributed by atoms with Crippen LogP contribution >= 0.6 is 68.0 Å². The second kappa shape index (κ2) is 12.3. The van der Waals surface area contributed by atoms with Crippen LogP contribution in [-0.2, 0) is 0 Å². The van der Waals surface area contributed by atoms with Crippen molar-refractivity contribution in [2.75, 3.05) is 10.6 Å². The molecule has 0 spiro atoms. The molecule has 0 saturated carbocycles. The summed E-state index contributed by atoms with van der Waals surface area (Å²) < 4.78 is 0. The first-order chi connectivity index (χ1) is 17.3. The lowest BCUT2D eigenvalue weighted by atomic mass is 10.2. The van der Waals surface area contributed by atoms with Gasteiger partial charge in [-0.2, -0.15) is 0 Å². The fourth-order valence-corrected chi connectivity index (χ4v) is 6.60. The summed E-state index contributed by atoms with van der Waals surface area (Å²) in [5.74, 6) is -0.609. The fourth-order valence-electron chi connectivity index (χ4n) is 3.19. The zero-order valence-corrected chi connectivity index (χ0v) is 22.9. The zero-order chi connectivity index (χ0) is 25.7. The Balaban J connectivity index is 1.50. The first kappa shape index (κ1) is 26.7. The average molecular weight is 594 g/mol. The van der Waals surface area contributed by atoms with E-state index in [2.05, 4.69) is 10.6 Å². The second-order valence-corrected chi connectivity index (χ2v) is 11.3. The number of hydrogen-bond acceptors (Lipinski definition) is 4. The predicted octanol–water partition coefficient (Wildman–Crippen LogP) is 9.60. The predicted molar refractivity (Wildman–Crippen MR) is 153 cm³/mol. The van der Waals surface area contributed by atoms with Crippen LogP contribution in [0.4, 0.5) is 11.4 Å². The maximum Gasteiger partial charge on any atom is 0.256 e. The largest absolute Gasteiger partial charge is 0.322 e. The van der Waals surface area contributed by atoms with Crippen LogP contribution in [0.2, 0.25) is 20.1 Å². The topological polar surface area (TPSA) is 58.2 Å². The average Bonchev–Trinajstić information content (AvgIpc) is 2.81. The van der Waals surface area contributed by atoms with E-state index in [9.17, 15) is 9.59 Å². The minimum absolute atomic E-state index is 0.305. The van der Waals surface area contributed by atoms with Crippen molar-refractivity contribution in [1.82, 2.24) is 0 Å². The molecular weight excluding hydrogens is 578 g/mol. The highest BCUT2D eigenvalue weighted by Gasteiger charge is 2.16. The van der Waals surface area contributed by atoms with Gasteiger partial charge >= 0.3 is 0 Å². The van der Waals surface area contributed by atoms with E-state index in [0.29, 0.717) is 42.6 Å². The van der Waals surface area contributed by atoms with Gasteiger partial charge in [-0.3, -0.25) is 9.59 Å². The maximum absolute atomic E-state index is 13.0. The number of benzene rings is 4. The molecule has 4 aromatic carbocycles. The molecule has 2 N–H and O–H groups in total. The van der Waals surface area contributed by atoms with E-state index in [1.807, 2.05) is 24.3 Å². The van der Waals surface area contributed by atoms with Crippen molar-refractivity contribution in [2.24, 2.45) is 0 Å². The number of carbonyl (C=O) groups is 2. The minimum atomic E-state index is -0.305. The van der Waals surface area contributed by atoms with Crippen molar-refractivity contribution in [3.63, 3.8) is 0 Å². The van der Waals surface area contributed by atoms with Crippen LogP contribution < -0.4 is 10.6 Å². The van der Waals surface area contributed by atoms with Crippen molar-refractivity contribution in [2.45, 2.75) is 9.79 Å². The van der Waals surface area contributed by atoms with Crippen molar-refractivity contribution in [3.05, 3.63) is 116 Å². The minimum Gasteiger partial charge on any atom is -0.322 e. The monoisotopic (exact) mass is 592 g/mol. The Kier molecular flexibility index (Phi) is 9.12.